The number of hydrogen-bond acceptors (Lipinski definition) is 5. The lowest BCUT2D eigenvalue weighted by Gasteiger charge is -2.25. The normalized spacial score (nSPS) is 11.3. The van der Waals surface area contributed by atoms with Crippen molar-refractivity contribution >= 4 is 5.82 Å². The van der Waals surface area contributed by atoms with Crippen LogP contribution >= 0.6 is 0 Å². The van der Waals surface area contributed by atoms with E-state index in [2.05, 4.69) is 34.0 Å². The number of aromatic nitrogens is 2. The summed E-state index contributed by atoms with van der Waals surface area (Å²) in [5.74, 6) is 1.68. The smallest absolute Gasteiger partial charge is 0.144 e. The second kappa shape index (κ2) is 7.28. The Hall–Kier alpha value is -1.20. The molecule has 0 saturated carbocycles. The van der Waals surface area contributed by atoms with Crippen LogP contribution in [0.2, 0.25) is 0 Å². The van der Waals surface area contributed by atoms with Gasteiger partial charge in [0.05, 0.1) is 6.54 Å². The minimum absolute atomic E-state index is 0.222. The summed E-state index contributed by atoms with van der Waals surface area (Å²) < 4.78 is 0. The van der Waals surface area contributed by atoms with Gasteiger partial charge in [0.25, 0.3) is 0 Å². The van der Waals surface area contributed by atoms with E-state index < -0.39 is 0 Å². The molecule has 102 valence electrons. The molecule has 0 spiro atoms. The molecule has 2 N–H and O–H groups in total. The van der Waals surface area contributed by atoms with Gasteiger partial charge in [-0.3, -0.25) is 4.90 Å². The molecule has 0 unspecified atom stereocenters. The molecule has 0 bridgehead atoms. The third kappa shape index (κ3) is 4.58. The summed E-state index contributed by atoms with van der Waals surface area (Å²) >= 11 is 0. The molecule has 0 aliphatic carbocycles. The number of anilines is 1. The van der Waals surface area contributed by atoms with Crippen LogP contribution in [0.25, 0.3) is 0 Å². The lowest BCUT2D eigenvalue weighted by molar-refractivity contribution is 0.181. The van der Waals surface area contributed by atoms with Crippen LogP contribution in [0, 0.1) is 6.92 Å². The molecule has 0 aromatic carbocycles. The van der Waals surface area contributed by atoms with Crippen LogP contribution < -0.4 is 5.32 Å². The fraction of sp³-hybridized carbons (Fsp3) is 0.692. The van der Waals surface area contributed by atoms with Gasteiger partial charge in [-0.1, -0.05) is 0 Å². The van der Waals surface area contributed by atoms with Crippen LogP contribution in [0.4, 0.5) is 5.82 Å². The van der Waals surface area contributed by atoms with E-state index >= 15 is 0 Å². The average molecular weight is 252 g/mol. The Morgan fingerprint density at radius 1 is 1.39 bits per heavy atom. The highest BCUT2D eigenvalue weighted by Crippen LogP contribution is 2.09. The Labute approximate surface area is 109 Å². The molecule has 0 amide bonds. The first-order chi connectivity index (χ1) is 8.56. The first kappa shape index (κ1) is 14.9. The Kier molecular flexibility index (Phi) is 6.01. The molecule has 1 aromatic rings. The summed E-state index contributed by atoms with van der Waals surface area (Å²) in [6, 6.07) is 2.34. The van der Waals surface area contributed by atoms with Gasteiger partial charge in [0.15, 0.2) is 0 Å². The molecule has 1 aromatic heterocycles. The molecule has 5 heteroatoms. The molecule has 0 radical (unpaired) electrons. The zero-order chi connectivity index (χ0) is 13.5. The first-order valence-electron chi connectivity index (χ1n) is 6.44. The van der Waals surface area contributed by atoms with Crippen LogP contribution in [0.15, 0.2) is 6.07 Å². The lowest BCUT2D eigenvalue weighted by Crippen LogP contribution is -2.32. The van der Waals surface area contributed by atoms with Crippen molar-refractivity contribution < 1.29 is 5.11 Å². The summed E-state index contributed by atoms with van der Waals surface area (Å²) in [4.78, 5) is 11.2. The van der Waals surface area contributed by atoms with Crippen molar-refractivity contribution in [3.05, 3.63) is 17.6 Å². The van der Waals surface area contributed by atoms with Crippen LogP contribution in [0.3, 0.4) is 0 Å². The molecular formula is C13H24N4O. The number of nitrogens with zero attached hydrogens (tertiary/aromatic N) is 3. The third-order valence-electron chi connectivity index (χ3n) is 2.83. The maximum absolute atomic E-state index is 8.92. The Bertz CT molecular complexity index is 368. The average Bonchev–Trinajstić information content (AvgIpc) is 2.33. The van der Waals surface area contributed by atoms with Gasteiger partial charge in [-0.25, -0.2) is 9.97 Å². The summed E-state index contributed by atoms with van der Waals surface area (Å²) in [5.41, 5.74) is 0.968. The van der Waals surface area contributed by atoms with Gasteiger partial charge in [-0.05, 0) is 27.2 Å². The summed E-state index contributed by atoms with van der Waals surface area (Å²) in [7, 11) is 1.86. The van der Waals surface area contributed by atoms with Crippen molar-refractivity contribution in [3.63, 3.8) is 0 Å². The number of hydrogen-bond donors (Lipinski definition) is 2. The van der Waals surface area contributed by atoms with Crippen molar-refractivity contribution in [1.82, 2.24) is 14.9 Å². The van der Waals surface area contributed by atoms with Gasteiger partial charge >= 0.3 is 0 Å². The van der Waals surface area contributed by atoms with Gasteiger partial charge in [0.1, 0.15) is 11.6 Å². The second-order valence-corrected chi connectivity index (χ2v) is 4.70. The van der Waals surface area contributed by atoms with Crippen molar-refractivity contribution in [3.8, 4) is 0 Å². The van der Waals surface area contributed by atoms with Gasteiger partial charge in [0.2, 0.25) is 0 Å². The standard InChI is InChI=1S/C13H24N4O/c1-10(2)17(6-5-7-18)9-13-15-11(3)8-12(14-4)16-13/h8,10,18H,5-7,9H2,1-4H3,(H,14,15,16). The quantitative estimate of drug-likeness (QED) is 0.768. The molecule has 1 heterocycles. The largest absolute Gasteiger partial charge is 0.396 e. The third-order valence-corrected chi connectivity index (χ3v) is 2.83. The Balaban J connectivity index is 2.76. The summed E-state index contributed by atoms with van der Waals surface area (Å²) in [5, 5.41) is 12.0. The number of nitrogens with one attached hydrogen (secondary N) is 1. The van der Waals surface area contributed by atoms with E-state index in [0.29, 0.717) is 12.6 Å². The number of aryl methyl sites for hydroxylation is 1. The number of aliphatic hydroxyl groups excluding tert-OH is 1. The molecule has 0 atom stereocenters. The van der Waals surface area contributed by atoms with E-state index in [1.807, 2.05) is 20.0 Å². The molecule has 0 aliphatic heterocycles. The van der Waals surface area contributed by atoms with Crippen LogP contribution in [0.1, 0.15) is 31.8 Å². The topological polar surface area (TPSA) is 61.3 Å². The van der Waals surface area contributed by atoms with E-state index in [1.54, 1.807) is 0 Å². The Morgan fingerprint density at radius 2 is 2.11 bits per heavy atom. The highest BCUT2D eigenvalue weighted by Gasteiger charge is 2.12. The molecular weight excluding hydrogens is 228 g/mol. The first-order valence-corrected chi connectivity index (χ1v) is 6.44. The number of aliphatic hydroxyl groups is 1. The molecule has 0 saturated heterocycles. The van der Waals surface area contributed by atoms with Crippen molar-refractivity contribution in [2.24, 2.45) is 0 Å². The van der Waals surface area contributed by atoms with Crippen LogP contribution in [0.5, 0.6) is 0 Å². The highest BCUT2D eigenvalue weighted by molar-refractivity contribution is 5.34. The highest BCUT2D eigenvalue weighted by atomic mass is 16.3. The zero-order valence-corrected chi connectivity index (χ0v) is 11.8. The van der Waals surface area contributed by atoms with E-state index in [-0.39, 0.29) is 6.61 Å². The fourth-order valence-electron chi connectivity index (χ4n) is 1.80. The minimum Gasteiger partial charge on any atom is -0.396 e. The monoisotopic (exact) mass is 252 g/mol. The van der Waals surface area contributed by atoms with Crippen LogP contribution in [-0.4, -0.2) is 46.2 Å². The van der Waals surface area contributed by atoms with E-state index in [1.165, 1.54) is 0 Å². The maximum Gasteiger partial charge on any atom is 0.144 e. The van der Waals surface area contributed by atoms with Crippen molar-refractivity contribution in [2.75, 3.05) is 25.5 Å². The van der Waals surface area contributed by atoms with Gasteiger partial charge in [0, 0.05) is 38.0 Å². The SMILES string of the molecule is CNc1cc(C)nc(CN(CCCO)C(C)C)n1. The molecule has 18 heavy (non-hydrogen) atoms. The summed E-state index contributed by atoms with van der Waals surface area (Å²) in [6.45, 7) is 8.06. The van der Waals surface area contributed by atoms with Crippen molar-refractivity contribution in [1.29, 1.82) is 0 Å². The van der Waals surface area contributed by atoms with E-state index in [0.717, 1.165) is 30.3 Å². The van der Waals surface area contributed by atoms with E-state index in [9.17, 15) is 0 Å². The predicted octanol–water partition coefficient (Wildman–Crippen LogP) is 1.42. The molecule has 0 aliphatic rings. The van der Waals surface area contributed by atoms with Gasteiger partial charge in [-0.2, -0.15) is 0 Å². The zero-order valence-electron chi connectivity index (χ0n) is 11.8. The van der Waals surface area contributed by atoms with Crippen LogP contribution in [-0.2, 0) is 6.54 Å². The maximum atomic E-state index is 8.92. The molecule has 5 nitrogen and oxygen atoms in total. The van der Waals surface area contributed by atoms with Gasteiger partial charge < -0.3 is 10.4 Å². The molecule has 0 fully saturated rings. The molecule has 1 rings (SSSR count). The fourth-order valence-corrected chi connectivity index (χ4v) is 1.80. The predicted molar refractivity (Wildman–Crippen MR) is 73.6 cm³/mol. The second-order valence-electron chi connectivity index (χ2n) is 4.70. The Morgan fingerprint density at radius 3 is 2.67 bits per heavy atom. The van der Waals surface area contributed by atoms with Gasteiger partial charge in [-0.15, -0.1) is 0 Å². The van der Waals surface area contributed by atoms with E-state index in [4.69, 9.17) is 5.11 Å². The number of rotatable bonds is 7. The lowest BCUT2D eigenvalue weighted by atomic mass is 10.2. The van der Waals surface area contributed by atoms with Crippen molar-refractivity contribution in [2.45, 2.75) is 39.8 Å². The minimum atomic E-state index is 0.222. The summed E-state index contributed by atoms with van der Waals surface area (Å²) in [6.07, 6.45) is 0.781.